The van der Waals surface area contributed by atoms with Crippen LogP contribution in [0.25, 0.3) is 0 Å². The van der Waals surface area contributed by atoms with Crippen LogP contribution in [-0.4, -0.2) is 26.2 Å². The molecule has 0 saturated heterocycles. The fraction of sp³-hybridized carbons (Fsp3) is 0.0952. The Kier molecular flexibility index (Phi) is 6.43. The normalized spacial score (nSPS) is 10.9. The van der Waals surface area contributed by atoms with Crippen LogP contribution in [0.5, 0.6) is 11.5 Å². The summed E-state index contributed by atoms with van der Waals surface area (Å²) in [7, 11) is -4.19. The summed E-state index contributed by atoms with van der Waals surface area (Å²) in [5.41, 5.74) is 1.13. The van der Waals surface area contributed by atoms with Crippen LogP contribution in [0.4, 0.5) is 5.69 Å². The average Bonchev–Trinajstić information content (AvgIpc) is 2.75. The van der Waals surface area contributed by atoms with Crippen LogP contribution in [-0.2, 0) is 16.5 Å². The van der Waals surface area contributed by atoms with E-state index < -0.39 is 15.0 Å². The van der Waals surface area contributed by atoms with Crippen molar-refractivity contribution < 1.29 is 27.1 Å². The molecule has 0 aliphatic carbocycles. The fourth-order valence-electron chi connectivity index (χ4n) is 2.57. The lowest BCUT2D eigenvalue weighted by atomic mass is 10.1. The molecule has 0 fully saturated rings. The van der Waals surface area contributed by atoms with Crippen LogP contribution >= 0.6 is 0 Å². The van der Waals surface area contributed by atoms with Crippen molar-refractivity contribution in [2.45, 2.75) is 11.3 Å². The van der Waals surface area contributed by atoms with Crippen molar-refractivity contribution in [1.82, 2.24) is 0 Å². The Morgan fingerprint density at radius 3 is 2.23 bits per heavy atom. The Morgan fingerprint density at radius 1 is 0.933 bits per heavy atom. The van der Waals surface area contributed by atoms with Crippen molar-refractivity contribution in [2.24, 2.45) is 0 Å². The molecule has 0 heterocycles. The molecule has 0 saturated carbocycles. The number of nitro benzene ring substituents is 1. The second kappa shape index (κ2) is 9.19. The van der Waals surface area contributed by atoms with E-state index in [0.717, 1.165) is 17.9 Å². The molecule has 3 aromatic carbocycles. The van der Waals surface area contributed by atoms with E-state index in [4.69, 9.17) is 8.92 Å². The number of ether oxygens (including phenoxy) is 1. The maximum Gasteiger partial charge on any atom is 0.339 e. The minimum Gasteiger partial charge on any atom is -0.493 e. The molecular formula is C21H17NO7S. The molecule has 8 nitrogen and oxygen atoms in total. The molecule has 0 unspecified atom stereocenters. The molecule has 0 aromatic heterocycles. The first-order valence-electron chi connectivity index (χ1n) is 8.83. The predicted octanol–water partition coefficient (Wildman–Crippen LogP) is 3.80. The highest BCUT2D eigenvalue weighted by Crippen LogP contribution is 2.22. The number of rotatable bonds is 9. The van der Waals surface area contributed by atoms with Crippen LogP contribution < -0.4 is 8.92 Å². The van der Waals surface area contributed by atoms with Crippen LogP contribution in [0.2, 0.25) is 0 Å². The van der Waals surface area contributed by atoms with Gasteiger partial charge < -0.3 is 8.92 Å². The summed E-state index contributed by atoms with van der Waals surface area (Å²) in [4.78, 5) is 20.5. The van der Waals surface area contributed by atoms with Gasteiger partial charge in [0, 0.05) is 24.1 Å². The largest absolute Gasteiger partial charge is 0.493 e. The molecule has 154 valence electrons. The van der Waals surface area contributed by atoms with Crippen molar-refractivity contribution in [3.05, 3.63) is 94.0 Å². The molecular weight excluding hydrogens is 410 g/mol. The van der Waals surface area contributed by atoms with E-state index in [1.807, 2.05) is 0 Å². The van der Waals surface area contributed by atoms with E-state index in [9.17, 15) is 23.3 Å². The summed E-state index contributed by atoms with van der Waals surface area (Å²) in [6.45, 7) is 0.395. The summed E-state index contributed by atoms with van der Waals surface area (Å²) < 4.78 is 35.4. The first-order valence-corrected chi connectivity index (χ1v) is 10.2. The maximum atomic E-state index is 12.3. The lowest BCUT2D eigenvalue weighted by Gasteiger charge is -2.09. The molecule has 3 rings (SSSR count). The van der Waals surface area contributed by atoms with Crippen LogP contribution in [0, 0.1) is 10.1 Å². The molecule has 0 aliphatic rings. The molecule has 0 N–H and O–H groups in total. The van der Waals surface area contributed by atoms with Crippen LogP contribution in [0.3, 0.4) is 0 Å². The van der Waals surface area contributed by atoms with Gasteiger partial charge in [0.1, 0.15) is 22.7 Å². The van der Waals surface area contributed by atoms with Gasteiger partial charge in [-0.15, -0.1) is 0 Å². The zero-order valence-electron chi connectivity index (χ0n) is 15.6. The number of aldehydes is 1. The van der Waals surface area contributed by atoms with Gasteiger partial charge in [-0.1, -0.05) is 18.2 Å². The minimum atomic E-state index is -4.19. The predicted molar refractivity (Wildman–Crippen MR) is 108 cm³/mol. The second-order valence-electron chi connectivity index (χ2n) is 6.22. The smallest absolute Gasteiger partial charge is 0.339 e. The van der Waals surface area contributed by atoms with Gasteiger partial charge in [0.2, 0.25) is 0 Å². The monoisotopic (exact) mass is 427 g/mol. The number of non-ortho nitro benzene ring substituents is 1. The van der Waals surface area contributed by atoms with E-state index in [0.29, 0.717) is 24.3 Å². The van der Waals surface area contributed by atoms with E-state index >= 15 is 0 Å². The van der Waals surface area contributed by atoms with Crippen LogP contribution in [0.15, 0.2) is 77.7 Å². The summed E-state index contributed by atoms with van der Waals surface area (Å²) in [6.07, 6.45) is 1.33. The van der Waals surface area contributed by atoms with Crippen molar-refractivity contribution in [3.63, 3.8) is 0 Å². The van der Waals surface area contributed by atoms with Crippen molar-refractivity contribution in [3.8, 4) is 11.5 Å². The Balaban J connectivity index is 1.59. The van der Waals surface area contributed by atoms with E-state index in [-0.39, 0.29) is 16.3 Å². The third kappa shape index (κ3) is 5.42. The van der Waals surface area contributed by atoms with Gasteiger partial charge in [-0.2, -0.15) is 8.42 Å². The molecule has 0 radical (unpaired) electrons. The average molecular weight is 427 g/mol. The topological polar surface area (TPSA) is 113 Å². The van der Waals surface area contributed by atoms with Gasteiger partial charge in [0.05, 0.1) is 11.5 Å². The quantitative estimate of drug-likeness (QED) is 0.221. The number of nitrogens with zero attached hydrogens (tertiary/aromatic N) is 1. The maximum absolute atomic E-state index is 12.3. The van der Waals surface area contributed by atoms with Crippen molar-refractivity contribution >= 4 is 22.1 Å². The van der Waals surface area contributed by atoms with Gasteiger partial charge in [0.25, 0.3) is 5.69 Å². The number of carbonyl (C=O) groups excluding carboxylic acids is 1. The summed E-state index contributed by atoms with van der Waals surface area (Å²) in [5.74, 6) is 0.735. The third-order valence-electron chi connectivity index (χ3n) is 4.12. The number of benzene rings is 3. The lowest BCUT2D eigenvalue weighted by Crippen LogP contribution is -2.10. The first kappa shape index (κ1) is 21.0. The second-order valence-corrected chi connectivity index (χ2v) is 7.77. The molecule has 0 amide bonds. The highest BCUT2D eigenvalue weighted by Gasteiger charge is 2.19. The van der Waals surface area contributed by atoms with Gasteiger partial charge >= 0.3 is 10.1 Å². The van der Waals surface area contributed by atoms with E-state index in [1.54, 1.807) is 36.4 Å². The van der Waals surface area contributed by atoms with Crippen molar-refractivity contribution in [1.29, 1.82) is 0 Å². The molecule has 0 bridgehead atoms. The van der Waals surface area contributed by atoms with Gasteiger partial charge in [-0.25, -0.2) is 0 Å². The summed E-state index contributed by atoms with van der Waals surface area (Å²) in [6, 6.07) is 17.8. The standard InChI is InChI=1S/C21H17NO7S/c23-15-17-6-8-19(9-7-17)28-13-12-16-4-10-20(11-5-16)29-30(26,27)21-3-1-2-18(14-21)22(24)25/h1-11,14-15H,12-13H2. The van der Waals surface area contributed by atoms with Gasteiger partial charge in [-0.05, 0) is 48.0 Å². The third-order valence-corrected chi connectivity index (χ3v) is 5.37. The number of hydrogen-bond acceptors (Lipinski definition) is 7. The SMILES string of the molecule is O=Cc1ccc(OCCc2ccc(OS(=O)(=O)c3cccc([N+](=O)[O-])c3)cc2)cc1. The Morgan fingerprint density at radius 2 is 1.60 bits per heavy atom. The van der Waals surface area contributed by atoms with Gasteiger partial charge in [0.15, 0.2) is 0 Å². The molecule has 3 aromatic rings. The zero-order valence-corrected chi connectivity index (χ0v) is 16.4. The minimum absolute atomic E-state index is 0.0932. The zero-order chi connectivity index (χ0) is 21.6. The van der Waals surface area contributed by atoms with Crippen molar-refractivity contribution in [2.75, 3.05) is 6.61 Å². The molecule has 0 atom stereocenters. The van der Waals surface area contributed by atoms with E-state index in [2.05, 4.69) is 0 Å². The Bertz CT molecular complexity index is 1140. The molecule has 0 aliphatic heterocycles. The molecule has 30 heavy (non-hydrogen) atoms. The number of carbonyl (C=O) groups is 1. The van der Waals surface area contributed by atoms with Crippen LogP contribution in [0.1, 0.15) is 15.9 Å². The highest BCUT2D eigenvalue weighted by atomic mass is 32.2. The Labute approximate surface area is 173 Å². The number of nitro groups is 1. The summed E-state index contributed by atoms with van der Waals surface area (Å²) >= 11 is 0. The highest BCUT2D eigenvalue weighted by molar-refractivity contribution is 7.87. The Hall–Kier alpha value is -3.72. The fourth-order valence-corrected chi connectivity index (χ4v) is 3.54. The lowest BCUT2D eigenvalue weighted by molar-refractivity contribution is -0.385. The summed E-state index contributed by atoms with van der Waals surface area (Å²) in [5, 5.41) is 10.8. The van der Waals surface area contributed by atoms with Gasteiger partial charge in [-0.3, -0.25) is 14.9 Å². The molecule has 0 spiro atoms. The first-order chi connectivity index (χ1) is 14.4. The molecule has 9 heteroatoms. The van der Waals surface area contributed by atoms with E-state index in [1.165, 1.54) is 30.3 Å². The number of hydrogen-bond donors (Lipinski definition) is 0.